The summed E-state index contributed by atoms with van der Waals surface area (Å²) in [5.41, 5.74) is 13.7. The lowest BCUT2D eigenvalue weighted by molar-refractivity contribution is -0.515. The quantitative estimate of drug-likeness (QED) is 0.425. The smallest absolute Gasteiger partial charge is 0.356 e. The first kappa shape index (κ1) is 15.9. The molecule has 2 heterocycles. The molecule has 7 N–H and O–H groups in total. The molecule has 124 valence electrons. The van der Waals surface area contributed by atoms with Gasteiger partial charge in [0.1, 0.15) is 17.2 Å². The predicted molar refractivity (Wildman–Crippen MR) is 95.2 cm³/mol. The van der Waals surface area contributed by atoms with Gasteiger partial charge in [-0.3, -0.25) is 5.73 Å². The highest BCUT2D eigenvalue weighted by atomic mass is 15.2. The van der Waals surface area contributed by atoms with E-state index in [1.54, 1.807) is 6.20 Å². The molecule has 0 aliphatic carbocycles. The van der Waals surface area contributed by atoms with Crippen molar-refractivity contribution < 1.29 is 10.3 Å². The van der Waals surface area contributed by atoms with E-state index in [0.29, 0.717) is 5.96 Å². The highest BCUT2D eigenvalue weighted by Crippen LogP contribution is 2.18. The number of aromatic nitrogens is 1. The van der Waals surface area contributed by atoms with Gasteiger partial charge in [0.05, 0.1) is 0 Å². The molecular weight excluding hydrogens is 302 g/mol. The standard InChI is InChI=1S/C17H21N7/c18-16(21-13-6-2-1-3-7-13)23-17(19)22-14-8-9-20-15(12-14)24-10-4-5-11-24/h1-3,6-9,12H,4-5,10-11H2,(H5,18,19,20,21,22,23)/p+2. The molecule has 0 spiro atoms. The van der Waals surface area contributed by atoms with Crippen LogP contribution in [0.1, 0.15) is 12.8 Å². The number of hydrogen-bond donors (Lipinski definition) is 4. The van der Waals surface area contributed by atoms with Crippen LogP contribution in [-0.4, -0.2) is 30.0 Å². The van der Waals surface area contributed by atoms with E-state index in [0.717, 1.165) is 30.3 Å². The van der Waals surface area contributed by atoms with Crippen LogP contribution in [0.25, 0.3) is 0 Å². The number of pyridine rings is 1. The number of nitrogens with one attached hydrogen (secondary N) is 1. The van der Waals surface area contributed by atoms with E-state index >= 15 is 0 Å². The lowest BCUT2D eigenvalue weighted by atomic mass is 10.3. The molecule has 7 heteroatoms. The summed E-state index contributed by atoms with van der Waals surface area (Å²) in [6, 6.07) is 13.4. The van der Waals surface area contributed by atoms with Gasteiger partial charge in [-0.1, -0.05) is 18.2 Å². The van der Waals surface area contributed by atoms with Gasteiger partial charge < -0.3 is 10.6 Å². The summed E-state index contributed by atoms with van der Waals surface area (Å²) in [6.07, 6.45) is 4.24. The fraction of sp³-hybridized carbons (Fsp3) is 0.235. The molecule has 1 aliphatic heterocycles. The maximum absolute atomic E-state index is 6.02. The molecule has 3 rings (SSSR count). The number of nitrogens with two attached hydrogens (primary N) is 3. The average Bonchev–Trinajstić information content (AvgIpc) is 3.10. The summed E-state index contributed by atoms with van der Waals surface area (Å²) in [7, 11) is 0. The normalized spacial score (nSPS) is 15.8. The molecule has 1 fully saturated rings. The Bertz CT molecular complexity index is 734. The highest BCUT2D eigenvalue weighted by Gasteiger charge is 2.15. The lowest BCUT2D eigenvalue weighted by Crippen LogP contribution is -3.01. The van der Waals surface area contributed by atoms with E-state index in [4.69, 9.17) is 11.5 Å². The van der Waals surface area contributed by atoms with E-state index in [1.807, 2.05) is 47.8 Å². The number of para-hydroxylation sites is 1. The monoisotopic (exact) mass is 325 g/mol. The van der Waals surface area contributed by atoms with E-state index in [-0.39, 0.29) is 5.96 Å². The van der Waals surface area contributed by atoms with Crippen molar-refractivity contribution in [3.8, 4) is 0 Å². The van der Waals surface area contributed by atoms with Crippen molar-refractivity contribution in [2.75, 3.05) is 18.0 Å². The van der Waals surface area contributed by atoms with Crippen molar-refractivity contribution in [2.45, 2.75) is 12.8 Å². The maximum Gasteiger partial charge on any atom is 0.367 e. The van der Waals surface area contributed by atoms with Gasteiger partial charge in [0.2, 0.25) is 0 Å². The van der Waals surface area contributed by atoms with Crippen molar-refractivity contribution >= 4 is 29.1 Å². The Morgan fingerprint density at radius 1 is 1.12 bits per heavy atom. The molecule has 24 heavy (non-hydrogen) atoms. The number of aliphatic imine (C=N–C) groups is 1. The largest absolute Gasteiger partial charge is 0.367 e. The molecular formula is C17H23N7+2. The second-order valence-corrected chi connectivity index (χ2v) is 5.70. The summed E-state index contributed by atoms with van der Waals surface area (Å²) in [6.45, 7) is 2.12. The zero-order valence-electron chi connectivity index (χ0n) is 13.5. The van der Waals surface area contributed by atoms with Crippen molar-refractivity contribution in [2.24, 2.45) is 16.5 Å². The Hall–Kier alpha value is -2.93. The molecule has 1 aromatic carbocycles. The third-order valence-electron chi connectivity index (χ3n) is 3.80. The minimum Gasteiger partial charge on any atom is -0.356 e. The molecule has 1 aromatic heterocycles. The van der Waals surface area contributed by atoms with Gasteiger partial charge >= 0.3 is 11.9 Å². The zero-order chi connectivity index (χ0) is 16.8. The molecule has 1 aliphatic rings. The van der Waals surface area contributed by atoms with Gasteiger partial charge in [0.25, 0.3) is 0 Å². The molecule has 7 nitrogen and oxygen atoms in total. The number of anilines is 1. The van der Waals surface area contributed by atoms with Crippen LogP contribution in [0.15, 0.2) is 53.7 Å². The van der Waals surface area contributed by atoms with Crippen LogP contribution in [0.2, 0.25) is 0 Å². The van der Waals surface area contributed by atoms with Crippen LogP contribution in [0.4, 0.5) is 17.2 Å². The minimum atomic E-state index is 0.253. The van der Waals surface area contributed by atoms with Gasteiger partial charge in [0.15, 0.2) is 0 Å². The third kappa shape index (κ3) is 4.30. The van der Waals surface area contributed by atoms with Crippen LogP contribution in [0.5, 0.6) is 0 Å². The highest BCUT2D eigenvalue weighted by molar-refractivity contribution is 5.77. The van der Waals surface area contributed by atoms with Crippen LogP contribution in [-0.2, 0) is 0 Å². The lowest BCUT2D eigenvalue weighted by Gasteiger charge is -2.15. The Morgan fingerprint density at radius 3 is 2.62 bits per heavy atom. The van der Waals surface area contributed by atoms with Crippen molar-refractivity contribution in [1.82, 2.24) is 4.98 Å². The Morgan fingerprint density at radius 2 is 1.88 bits per heavy atom. The molecule has 0 unspecified atom stereocenters. The van der Waals surface area contributed by atoms with Crippen LogP contribution in [0, 0.1) is 0 Å². The van der Waals surface area contributed by atoms with Crippen LogP contribution in [0.3, 0.4) is 0 Å². The van der Waals surface area contributed by atoms with Crippen molar-refractivity contribution in [1.29, 1.82) is 0 Å². The van der Waals surface area contributed by atoms with E-state index in [1.165, 1.54) is 12.8 Å². The number of guanidine groups is 2. The Labute approximate surface area is 141 Å². The summed E-state index contributed by atoms with van der Waals surface area (Å²) < 4.78 is 0. The maximum atomic E-state index is 6.02. The van der Waals surface area contributed by atoms with Gasteiger partial charge in [0, 0.05) is 31.4 Å². The first-order valence-corrected chi connectivity index (χ1v) is 8.05. The average molecular weight is 325 g/mol. The second-order valence-electron chi connectivity index (χ2n) is 5.70. The summed E-state index contributed by atoms with van der Waals surface area (Å²) >= 11 is 0. The molecule has 0 amide bonds. The molecule has 0 saturated carbocycles. The van der Waals surface area contributed by atoms with Crippen molar-refractivity contribution in [3.63, 3.8) is 0 Å². The van der Waals surface area contributed by atoms with Crippen LogP contribution < -0.4 is 26.7 Å². The van der Waals surface area contributed by atoms with Gasteiger partial charge in [-0.05, 0) is 25.0 Å². The molecule has 0 radical (unpaired) electrons. The molecule has 0 bridgehead atoms. The van der Waals surface area contributed by atoms with Gasteiger partial charge in [-0.2, -0.15) is 4.99 Å². The first-order chi connectivity index (χ1) is 11.7. The number of benzene rings is 1. The zero-order valence-corrected chi connectivity index (χ0v) is 13.5. The topological polar surface area (TPSA) is 111 Å². The SMILES string of the molecule is NC(=Nc1ccccc1)[NH+]=C(N)[NH2+]c1ccnc(N2CCCC2)c1. The molecule has 1 saturated heterocycles. The van der Waals surface area contributed by atoms with Crippen LogP contribution >= 0.6 is 0 Å². The van der Waals surface area contributed by atoms with Gasteiger partial charge in [-0.25, -0.2) is 10.3 Å². The number of rotatable bonds is 3. The molecule has 0 atom stereocenters. The summed E-state index contributed by atoms with van der Waals surface area (Å²) in [5.74, 6) is 1.68. The summed E-state index contributed by atoms with van der Waals surface area (Å²) in [4.78, 5) is 13.9. The van der Waals surface area contributed by atoms with E-state index in [9.17, 15) is 0 Å². The number of nitrogens with zero attached hydrogens (tertiary/aromatic N) is 3. The summed E-state index contributed by atoms with van der Waals surface area (Å²) in [5, 5.41) is 1.83. The molecule has 2 aromatic rings. The Balaban J connectivity index is 1.68. The predicted octanol–water partition coefficient (Wildman–Crippen LogP) is -1.08. The van der Waals surface area contributed by atoms with E-state index < -0.39 is 0 Å². The van der Waals surface area contributed by atoms with Gasteiger partial charge in [-0.15, -0.1) is 4.99 Å². The van der Waals surface area contributed by atoms with Crippen molar-refractivity contribution in [3.05, 3.63) is 48.7 Å². The first-order valence-electron chi connectivity index (χ1n) is 8.05. The number of hydrogen-bond acceptors (Lipinski definition) is 3. The fourth-order valence-corrected chi connectivity index (χ4v) is 2.68. The second kappa shape index (κ2) is 7.56. The number of quaternary nitrogens is 1. The van der Waals surface area contributed by atoms with E-state index in [2.05, 4.69) is 19.9 Å². The fourth-order valence-electron chi connectivity index (χ4n) is 2.68. The minimum absolute atomic E-state index is 0.253. The third-order valence-corrected chi connectivity index (χ3v) is 3.80. The Kier molecular flexibility index (Phi) is 5.02.